The Balaban J connectivity index is 1.77. The smallest absolute Gasteiger partial charge is 0.312 e. The second kappa shape index (κ2) is 11.2. The van der Waals surface area contributed by atoms with Gasteiger partial charge in [0, 0.05) is 38.8 Å². The lowest BCUT2D eigenvalue weighted by Crippen LogP contribution is -2.34. The number of aryl methyl sites for hydroxylation is 1. The van der Waals surface area contributed by atoms with Crippen LogP contribution in [0.15, 0.2) is 42.6 Å². The number of ether oxygens (including phenoxy) is 2. The average molecular weight is 536 g/mol. The summed E-state index contributed by atoms with van der Waals surface area (Å²) >= 11 is 0. The normalized spacial score (nSPS) is 14.7. The van der Waals surface area contributed by atoms with E-state index in [0.717, 1.165) is 27.8 Å². The van der Waals surface area contributed by atoms with Crippen LogP contribution in [0.25, 0.3) is 0 Å². The van der Waals surface area contributed by atoms with Crippen molar-refractivity contribution in [1.29, 1.82) is 0 Å². The predicted molar refractivity (Wildman–Crippen MR) is 151 cm³/mol. The first-order valence-corrected chi connectivity index (χ1v) is 13.0. The number of carbonyl (C=O) groups is 1. The van der Waals surface area contributed by atoms with Gasteiger partial charge >= 0.3 is 5.97 Å². The van der Waals surface area contributed by atoms with Crippen LogP contribution >= 0.6 is 0 Å². The molecule has 1 aromatic heterocycles. The molecule has 1 unspecified atom stereocenters. The highest BCUT2D eigenvalue weighted by molar-refractivity contribution is 5.80. The zero-order valence-electron chi connectivity index (χ0n) is 23.5. The fourth-order valence-electron chi connectivity index (χ4n) is 5.45. The van der Waals surface area contributed by atoms with Gasteiger partial charge in [-0.3, -0.25) is 9.69 Å². The molecule has 0 amide bonds. The summed E-state index contributed by atoms with van der Waals surface area (Å²) in [7, 11) is 3.14. The summed E-state index contributed by atoms with van der Waals surface area (Å²) < 4.78 is 25.5. The van der Waals surface area contributed by atoms with E-state index in [-0.39, 0.29) is 11.9 Å². The average Bonchev–Trinajstić information content (AvgIpc) is 3.10. The van der Waals surface area contributed by atoms with Crippen molar-refractivity contribution in [1.82, 2.24) is 9.88 Å². The monoisotopic (exact) mass is 535 g/mol. The number of anilines is 2. The maximum Gasteiger partial charge on any atom is 0.312 e. The van der Waals surface area contributed by atoms with Gasteiger partial charge in [0.2, 0.25) is 5.95 Å². The minimum atomic E-state index is -0.904. The quantitative estimate of drug-likeness (QED) is 0.150. The minimum absolute atomic E-state index is 0.322. The van der Waals surface area contributed by atoms with Crippen LogP contribution in [0.4, 0.5) is 15.8 Å². The molecule has 0 spiro atoms. The third kappa shape index (κ3) is 5.55. The third-order valence-corrected chi connectivity index (χ3v) is 7.77. The van der Waals surface area contributed by atoms with Crippen LogP contribution in [0.1, 0.15) is 53.1 Å². The predicted octanol–water partition coefficient (Wildman–Crippen LogP) is 4.46. The first-order chi connectivity index (χ1) is 18.4. The van der Waals surface area contributed by atoms with Gasteiger partial charge in [0.05, 0.1) is 29.5 Å². The van der Waals surface area contributed by atoms with Gasteiger partial charge in [-0.15, -0.1) is 0 Å². The molecule has 1 aliphatic heterocycles. The van der Waals surface area contributed by atoms with E-state index >= 15 is 0 Å². The van der Waals surface area contributed by atoms with Crippen LogP contribution in [0.5, 0.6) is 5.75 Å². The van der Waals surface area contributed by atoms with Crippen LogP contribution in [-0.4, -0.2) is 43.2 Å². The molecule has 0 saturated heterocycles. The number of esters is 1. The van der Waals surface area contributed by atoms with Crippen LogP contribution in [0, 0.1) is 25.2 Å². The summed E-state index contributed by atoms with van der Waals surface area (Å²) in [5, 5.41) is 1.48. The van der Waals surface area contributed by atoms with Crippen LogP contribution in [-0.2, 0) is 22.6 Å². The van der Waals surface area contributed by atoms with Crippen molar-refractivity contribution in [3.8, 4) is 5.75 Å². The molecule has 1 atom stereocenters. The number of nitrogens with zero attached hydrogens (tertiary/aromatic N) is 3. The van der Waals surface area contributed by atoms with Crippen molar-refractivity contribution in [3.05, 3.63) is 81.9 Å². The second-order valence-corrected chi connectivity index (χ2v) is 10.8. The SMILES string of the molecule is COC(=O)C(C)(C)C(c1ccc(C)c(CN2CCOc3ccnc(F)c3C2)c1)c1ccc(N(C)N)c(N)c1C. The van der Waals surface area contributed by atoms with E-state index in [1.165, 1.54) is 18.3 Å². The molecular formula is C30H38FN5O3. The number of halogens is 1. The van der Waals surface area contributed by atoms with Gasteiger partial charge in [-0.25, -0.2) is 10.8 Å². The molecule has 0 fully saturated rings. The molecule has 2 heterocycles. The number of hydrazine groups is 1. The molecule has 0 saturated carbocycles. The molecule has 0 aliphatic carbocycles. The van der Waals surface area contributed by atoms with E-state index < -0.39 is 11.4 Å². The number of benzene rings is 2. The summed E-state index contributed by atoms with van der Waals surface area (Å²) in [5.41, 5.74) is 12.3. The molecule has 4 rings (SSSR count). The van der Waals surface area contributed by atoms with Crippen LogP contribution < -0.4 is 21.3 Å². The van der Waals surface area contributed by atoms with E-state index in [0.29, 0.717) is 48.9 Å². The van der Waals surface area contributed by atoms with Crippen molar-refractivity contribution >= 4 is 17.3 Å². The first-order valence-electron chi connectivity index (χ1n) is 13.0. The molecule has 8 nitrogen and oxygen atoms in total. The van der Waals surface area contributed by atoms with Crippen molar-refractivity contribution < 1.29 is 18.7 Å². The lowest BCUT2D eigenvalue weighted by atomic mass is 9.69. The zero-order valence-corrected chi connectivity index (χ0v) is 23.5. The number of hydrogen-bond donors (Lipinski definition) is 2. The standard InChI is InChI=1S/C30H38FN5O3/c1-18-7-8-20(15-21(18)16-36-13-14-39-25-11-12-34-28(31)23(25)17-36)26(30(3,4)29(37)38-6)22-9-10-24(35(5)33)27(32)19(22)2/h7-12,15,26H,13-14,16-17,32-33H2,1-6H3. The maximum atomic E-state index is 14.5. The fraction of sp³-hybridized carbons (Fsp3) is 0.400. The molecule has 1 aliphatic rings. The number of carbonyl (C=O) groups excluding carboxylic acids is 1. The maximum absolute atomic E-state index is 14.5. The van der Waals surface area contributed by atoms with Crippen LogP contribution in [0.3, 0.4) is 0 Å². The van der Waals surface area contributed by atoms with E-state index in [1.807, 2.05) is 32.9 Å². The molecule has 2 aromatic carbocycles. The topological polar surface area (TPSA) is 107 Å². The van der Waals surface area contributed by atoms with Crippen molar-refractivity contribution in [3.63, 3.8) is 0 Å². The van der Waals surface area contributed by atoms with E-state index in [2.05, 4.69) is 35.0 Å². The molecule has 39 heavy (non-hydrogen) atoms. The molecule has 4 N–H and O–H groups in total. The Morgan fingerprint density at radius 1 is 1.26 bits per heavy atom. The largest absolute Gasteiger partial charge is 0.492 e. The van der Waals surface area contributed by atoms with Gasteiger partial charge in [-0.1, -0.05) is 24.3 Å². The van der Waals surface area contributed by atoms with Crippen molar-refractivity contribution in [2.75, 3.05) is 38.1 Å². The lowest BCUT2D eigenvalue weighted by molar-refractivity contribution is -0.151. The summed E-state index contributed by atoms with van der Waals surface area (Å²) in [4.78, 5) is 19.1. The number of methoxy groups -OCH3 is 1. The minimum Gasteiger partial charge on any atom is -0.492 e. The molecule has 0 bridgehead atoms. The molecule has 3 aromatic rings. The van der Waals surface area contributed by atoms with Gasteiger partial charge in [-0.2, -0.15) is 4.39 Å². The Morgan fingerprint density at radius 2 is 2.00 bits per heavy atom. The molecule has 0 radical (unpaired) electrons. The Morgan fingerprint density at radius 3 is 2.69 bits per heavy atom. The van der Waals surface area contributed by atoms with E-state index in [4.69, 9.17) is 21.1 Å². The van der Waals surface area contributed by atoms with Gasteiger partial charge in [0.25, 0.3) is 0 Å². The summed E-state index contributed by atoms with van der Waals surface area (Å²) in [5.74, 6) is 5.35. The molecular weight excluding hydrogens is 497 g/mol. The summed E-state index contributed by atoms with van der Waals surface area (Å²) in [6.07, 6.45) is 1.42. The van der Waals surface area contributed by atoms with Gasteiger partial charge in [0.1, 0.15) is 12.4 Å². The molecule has 208 valence electrons. The van der Waals surface area contributed by atoms with E-state index in [1.54, 1.807) is 13.1 Å². The summed E-state index contributed by atoms with van der Waals surface area (Å²) in [6.45, 7) is 9.84. The fourth-order valence-corrected chi connectivity index (χ4v) is 5.45. The first kappa shape index (κ1) is 28.3. The highest BCUT2D eigenvalue weighted by Crippen LogP contribution is 2.45. The lowest BCUT2D eigenvalue weighted by Gasteiger charge is -2.35. The van der Waals surface area contributed by atoms with Crippen molar-refractivity contribution in [2.45, 2.75) is 46.7 Å². The Hall–Kier alpha value is -3.69. The highest BCUT2D eigenvalue weighted by atomic mass is 19.1. The van der Waals surface area contributed by atoms with Gasteiger partial charge in [0.15, 0.2) is 0 Å². The van der Waals surface area contributed by atoms with Gasteiger partial charge in [-0.05, 0) is 67.6 Å². The number of hydrogen-bond acceptors (Lipinski definition) is 8. The number of rotatable bonds is 7. The Labute approximate surface area is 229 Å². The van der Waals surface area contributed by atoms with Crippen LogP contribution in [0.2, 0.25) is 0 Å². The van der Waals surface area contributed by atoms with E-state index in [9.17, 15) is 9.18 Å². The second-order valence-electron chi connectivity index (χ2n) is 10.8. The van der Waals surface area contributed by atoms with Crippen molar-refractivity contribution in [2.24, 2.45) is 11.3 Å². The van der Waals surface area contributed by atoms with Gasteiger partial charge < -0.3 is 20.2 Å². The third-order valence-electron chi connectivity index (χ3n) is 7.77. The zero-order chi connectivity index (χ0) is 28.5. The Kier molecular flexibility index (Phi) is 8.13. The Bertz CT molecular complexity index is 1370. The highest BCUT2D eigenvalue weighted by Gasteiger charge is 2.41. The number of pyridine rings is 1. The number of fused-ring (bicyclic) bond motifs is 1. The molecule has 9 heteroatoms. The number of aromatic nitrogens is 1. The number of nitrogen functional groups attached to an aromatic ring is 1. The summed E-state index contributed by atoms with van der Waals surface area (Å²) in [6, 6.07) is 11.8. The number of nitrogens with two attached hydrogens (primary N) is 2.